The molecule has 108 valence electrons. The lowest BCUT2D eigenvalue weighted by molar-refractivity contribution is 0.592. The Bertz CT molecular complexity index is 563. The molecule has 0 aliphatic rings. The monoisotopic (exact) mass is 287 g/mol. The summed E-state index contributed by atoms with van der Waals surface area (Å²) < 4.78 is 0. The zero-order valence-corrected chi connectivity index (χ0v) is 13.8. The van der Waals surface area contributed by atoms with Gasteiger partial charge in [-0.2, -0.15) is 0 Å². The summed E-state index contributed by atoms with van der Waals surface area (Å²) in [6.07, 6.45) is 2.19. The van der Waals surface area contributed by atoms with Gasteiger partial charge >= 0.3 is 0 Å². The maximum Gasteiger partial charge on any atom is 0.0389 e. The Kier molecular flexibility index (Phi) is 4.66. The SMILES string of the molecule is CCCC(N)c1ccc(-c2ccccc2C(C)(C)C)s1. The predicted octanol–water partition coefficient (Wildman–Crippen LogP) is 5.51. The van der Waals surface area contributed by atoms with Crippen LogP contribution in [0.2, 0.25) is 0 Å². The predicted molar refractivity (Wildman–Crippen MR) is 90.3 cm³/mol. The van der Waals surface area contributed by atoms with Crippen LogP contribution in [0.3, 0.4) is 0 Å². The van der Waals surface area contributed by atoms with Crippen molar-refractivity contribution in [1.29, 1.82) is 0 Å². The van der Waals surface area contributed by atoms with E-state index in [0.717, 1.165) is 12.8 Å². The Morgan fingerprint density at radius 2 is 1.80 bits per heavy atom. The fourth-order valence-corrected chi connectivity index (χ4v) is 3.59. The lowest BCUT2D eigenvalue weighted by atomic mass is 9.83. The van der Waals surface area contributed by atoms with Gasteiger partial charge in [0.25, 0.3) is 0 Å². The van der Waals surface area contributed by atoms with Gasteiger partial charge in [0.2, 0.25) is 0 Å². The molecule has 1 nitrogen and oxygen atoms in total. The van der Waals surface area contributed by atoms with Crippen molar-refractivity contribution in [2.75, 3.05) is 0 Å². The Morgan fingerprint density at radius 1 is 1.10 bits per heavy atom. The van der Waals surface area contributed by atoms with Gasteiger partial charge in [0, 0.05) is 15.8 Å². The van der Waals surface area contributed by atoms with Crippen LogP contribution < -0.4 is 5.73 Å². The van der Waals surface area contributed by atoms with E-state index in [4.69, 9.17) is 5.73 Å². The van der Waals surface area contributed by atoms with E-state index in [1.165, 1.54) is 20.9 Å². The molecule has 2 aromatic rings. The minimum Gasteiger partial charge on any atom is -0.323 e. The largest absolute Gasteiger partial charge is 0.323 e. The first-order chi connectivity index (χ1) is 9.43. The highest BCUT2D eigenvalue weighted by molar-refractivity contribution is 7.15. The van der Waals surface area contributed by atoms with Crippen molar-refractivity contribution in [1.82, 2.24) is 0 Å². The van der Waals surface area contributed by atoms with Gasteiger partial charge in [0.15, 0.2) is 0 Å². The van der Waals surface area contributed by atoms with Crippen molar-refractivity contribution in [2.24, 2.45) is 5.73 Å². The average Bonchev–Trinajstić information content (AvgIpc) is 2.87. The zero-order chi connectivity index (χ0) is 14.8. The van der Waals surface area contributed by atoms with Crippen molar-refractivity contribution in [3.05, 3.63) is 46.8 Å². The van der Waals surface area contributed by atoms with E-state index >= 15 is 0 Å². The Labute approximate surface area is 126 Å². The molecule has 20 heavy (non-hydrogen) atoms. The summed E-state index contributed by atoms with van der Waals surface area (Å²) in [5.74, 6) is 0. The molecule has 0 radical (unpaired) electrons. The first kappa shape index (κ1) is 15.3. The van der Waals surface area contributed by atoms with Crippen molar-refractivity contribution in [3.63, 3.8) is 0 Å². The van der Waals surface area contributed by atoms with Gasteiger partial charge in [-0.25, -0.2) is 0 Å². The molecule has 0 aliphatic carbocycles. The first-order valence-electron chi connectivity index (χ1n) is 7.38. The standard InChI is InChI=1S/C18H25NS/c1-5-8-15(19)17-12-11-16(20-17)13-9-6-7-10-14(13)18(2,3)4/h6-7,9-12,15H,5,8,19H2,1-4H3. The number of rotatable bonds is 4. The second-order valence-corrected chi connectivity index (χ2v) is 7.51. The maximum absolute atomic E-state index is 6.23. The van der Waals surface area contributed by atoms with Crippen LogP contribution in [0.4, 0.5) is 0 Å². The summed E-state index contributed by atoms with van der Waals surface area (Å²) in [4.78, 5) is 2.63. The molecule has 0 amide bonds. The molecule has 1 aromatic heterocycles. The minimum atomic E-state index is 0.159. The Balaban J connectivity index is 2.38. The molecule has 0 fully saturated rings. The molecular weight excluding hydrogens is 262 g/mol. The Morgan fingerprint density at radius 3 is 2.45 bits per heavy atom. The van der Waals surface area contributed by atoms with Gasteiger partial charge in [-0.3, -0.25) is 0 Å². The van der Waals surface area contributed by atoms with E-state index in [1.807, 2.05) is 11.3 Å². The third kappa shape index (κ3) is 3.31. The highest BCUT2D eigenvalue weighted by atomic mass is 32.1. The minimum absolute atomic E-state index is 0.159. The number of hydrogen-bond acceptors (Lipinski definition) is 2. The van der Waals surface area contributed by atoms with Gasteiger partial charge in [0.1, 0.15) is 0 Å². The van der Waals surface area contributed by atoms with Crippen LogP contribution in [0, 0.1) is 0 Å². The van der Waals surface area contributed by atoms with E-state index in [1.54, 1.807) is 0 Å². The average molecular weight is 287 g/mol. The topological polar surface area (TPSA) is 26.0 Å². The first-order valence-corrected chi connectivity index (χ1v) is 8.20. The Hall–Kier alpha value is -1.12. The quantitative estimate of drug-likeness (QED) is 0.788. The molecule has 1 unspecified atom stereocenters. The third-order valence-electron chi connectivity index (χ3n) is 3.59. The summed E-state index contributed by atoms with van der Waals surface area (Å²) in [6.45, 7) is 8.98. The van der Waals surface area contributed by atoms with Crippen LogP contribution in [0.1, 0.15) is 57.0 Å². The number of hydrogen-bond donors (Lipinski definition) is 1. The number of benzene rings is 1. The second kappa shape index (κ2) is 6.11. The molecule has 0 saturated heterocycles. The highest BCUT2D eigenvalue weighted by Crippen LogP contribution is 2.37. The van der Waals surface area contributed by atoms with Crippen LogP contribution in [0.15, 0.2) is 36.4 Å². The fourth-order valence-electron chi connectivity index (χ4n) is 2.50. The summed E-state index contributed by atoms with van der Waals surface area (Å²) in [6, 6.07) is 13.3. The molecular formula is C18H25NS. The fraction of sp³-hybridized carbons (Fsp3) is 0.444. The second-order valence-electron chi connectivity index (χ2n) is 6.39. The molecule has 0 bridgehead atoms. The summed E-state index contributed by atoms with van der Waals surface area (Å²) in [7, 11) is 0. The smallest absolute Gasteiger partial charge is 0.0389 e. The molecule has 2 rings (SSSR count). The van der Waals surface area contributed by atoms with Crippen molar-refractivity contribution >= 4 is 11.3 Å². The lowest BCUT2D eigenvalue weighted by Crippen LogP contribution is -2.12. The van der Waals surface area contributed by atoms with E-state index < -0.39 is 0 Å². The van der Waals surface area contributed by atoms with E-state index in [0.29, 0.717) is 0 Å². The lowest BCUT2D eigenvalue weighted by Gasteiger charge is -2.22. The molecule has 0 saturated carbocycles. The van der Waals surface area contributed by atoms with Gasteiger partial charge in [0.05, 0.1) is 0 Å². The number of thiophene rings is 1. The molecule has 2 N–H and O–H groups in total. The van der Waals surface area contributed by atoms with Crippen molar-refractivity contribution < 1.29 is 0 Å². The molecule has 1 aromatic carbocycles. The van der Waals surface area contributed by atoms with Gasteiger partial charge in [-0.05, 0) is 35.1 Å². The van der Waals surface area contributed by atoms with Crippen LogP contribution >= 0.6 is 11.3 Å². The third-order valence-corrected chi connectivity index (χ3v) is 4.84. The maximum atomic E-state index is 6.23. The van der Waals surface area contributed by atoms with E-state index in [2.05, 4.69) is 64.1 Å². The number of nitrogens with two attached hydrogens (primary N) is 1. The normalized spacial score (nSPS) is 13.4. The van der Waals surface area contributed by atoms with E-state index in [-0.39, 0.29) is 11.5 Å². The summed E-state index contributed by atoms with van der Waals surface area (Å²) in [5, 5.41) is 0. The summed E-state index contributed by atoms with van der Waals surface area (Å²) in [5.41, 5.74) is 9.14. The van der Waals surface area contributed by atoms with Crippen LogP contribution in [0.25, 0.3) is 10.4 Å². The van der Waals surface area contributed by atoms with Crippen LogP contribution in [-0.4, -0.2) is 0 Å². The van der Waals surface area contributed by atoms with Crippen molar-refractivity contribution in [3.8, 4) is 10.4 Å². The summed E-state index contributed by atoms with van der Waals surface area (Å²) >= 11 is 1.84. The van der Waals surface area contributed by atoms with Gasteiger partial charge in [-0.1, -0.05) is 58.4 Å². The van der Waals surface area contributed by atoms with Crippen molar-refractivity contribution in [2.45, 2.75) is 52.0 Å². The molecule has 2 heteroatoms. The van der Waals surface area contributed by atoms with Crippen LogP contribution in [0.5, 0.6) is 0 Å². The van der Waals surface area contributed by atoms with Crippen LogP contribution in [-0.2, 0) is 5.41 Å². The molecule has 0 spiro atoms. The molecule has 1 atom stereocenters. The highest BCUT2D eigenvalue weighted by Gasteiger charge is 2.19. The van der Waals surface area contributed by atoms with E-state index in [9.17, 15) is 0 Å². The van der Waals surface area contributed by atoms with Gasteiger partial charge in [-0.15, -0.1) is 11.3 Å². The molecule has 1 heterocycles. The zero-order valence-electron chi connectivity index (χ0n) is 12.9. The van der Waals surface area contributed by atoms with Gasteiger partial charge < -0.3 is 5.73 Å². The molecule has 0 aliphatic heterocycles.